The zero-order valence-corrected chi connectivity index (χ0v) is 13.5. The monoisotopic (exact) mass is 334 g/mol. The molecule has 0 fully saturated rings. The fourth-order valence-electron chi connectivity index (χ4n) is 2.13. The van der Waals surface area contributed by atoms with Crippen molar-refractivity contribution >= 4 is 34.8 Å². The maximum Gasteiger partial charge on any atom is 0.259 e. The number of aromatic nitrogens is 1. The van der Waals surface area contributed by atoms with Crippen LogP contribution in [0.25, 0.3) is 6.08 Å². The molecule has 2 heterocycles. The lowest BCUT2D eigenvalue weighted by Gasteiger charge is -2.08. The van der Waals surface area contributed by atoms with Crippen LogP contribution < -0.4 is 5.32 Å². The summed E-state index contributed by atoms with van der Waals surface area (Å²) in [6.45, 7) is 0. The first kappa shape index (κ1) is 15.8. The molecule has 5 heteroatoms. The highest BCUT2D eigenvalue weighted by Gasteiger charge is 2.20. The molecule has 1 aromatic carbocycles. The maximum atomic E-state index is 12.8. The van der Waals surface area contributed by atoms with E-state index in [0.717, 1.165) is 4.88 Å². The number of nitrogens with zero attached hydrogens (tertiary/aromatic N) is 1. The van der Waals surface area contributed by atoms with Crippen molar-refractivity contribution in [3.63, 3.8) is 0 Å². The van der Waals surface area contributed by atoms with Crippen molar-refractivity contribution in [2.45, 2.75) is 0 Å². The molecule has 3 aromatic rings. The second kappa shape index (κ2) is 7.48. The molecular weight excluding hydrogens is 320 g/mol. The Bertz CT molecular complexity index is 857. The van der Waals surface area contributed by atoms with Crippen LogP contribution in [0, 0.1) is 0 Å². The number of carbonyl (C=O) groups is 2. The Labute approximate surface area is 143 Å². The minimum atomic E-state index is -0.453. The van der Waals surface area contributed by atoms with Crippen molar-refractivity contribution < 1.29 is 9.59 Å². The highest BCUT2D eigenvalue weighted by molar-refractivity contribution is 7.10. The number of thiophene rings is 1. The first-order valence-corrected chi connectivity index (χ1v) is 8.18. The molecule has 4 nitrogen and oxygen atoms in total. The number of hydrogen-bond donors (Lipinski definition) is 1. The van der Waals surface area contributed by atoms with Gasteiger partial charge >= 0.3 is 0 Å². The third-order valence-corrected chi connectivity index (χ3v) is 4.09. The van der Waals surface area contributed by atoms with Crippen molar-refractivity contribution in [3.8, 4) is 0 Å². The number of rotatable bonds is 5. The Morgan fingerprint density at radius 2 is 1.83 bits per heavy atom. The van der Waals surface area contributed by atoms with Crippen molar-refractivity contribution in [2.24, 2.45) is 0 Å². The normalized spacial score (nSPS) is 11.1. The molecule has 0 aliphatic heterocycles. The van der Waals surface area contributed by atoms with Crippen LogP contribution in [0.2, 0.25) is 0 Å². The average molecular weight is 334 g/mol. The molecule has 2 aromatic heterocycles. The predicted molar refractivity (Wildman–Crippen MR) is 95.9 cm³/mol. The van der Waals surface area contributed by atoms with Gasteiger partial charge in [0.15, 0.2) is 5.78 Å². The van der Waals surface area contributed by atoms with E-state index in [1.807, 2.05) is 23.6 Å². The molecule has 118 valence electrons. The van der Waals surface area contributed by atoms with Crippen molar-refractivity contribution in [1.82, 2.24) is 4.98 Å². The lowest BCUT2D eigenvalue weighted by molar-refractivity contribution is -0.112. The Morgan fingerprint density at radius 3 is 2.50 bits per heavy atom. The Hall–Kier alpha value is -3.05. The summed E-state index contributed by atoms with van der Waals surface area (Å²) in [6.07, 6.45) is 4.77. The van der Waals surface area contributed by atoms with E-state index < -0.39 is 5.91 Å². The smallest absolute Gasteiger partial charge is 0.259 e. The number of carbonyl (C=O) groups excluding carboxylic acids is 2. The summed E-state index contributed by atoms with van der Waals surface area (Å²) < 4.78 is 0. The van der Waals surface area contributed by atoms with Gasteiger partial charge < -0.3 is 5.32 Å². The van der Waals surface area contributed by atoms with E-state index >= 15 is 0 Å². The molecule has 1 N–H and O–H groups in total. The Morgan fingerprint density at radius 1 is 1.00 bits per heavy atom. The number of amides is 1. The van der Waals surface area contributed by atoms with Gasteiger partial charge in [-0.05, 0) is 29.7 Å². The van der Waals surface area contributed by atoms with Crippen LogP contribution in [-0.4, -0.2) is 16.7 Å². The first-order chi connectivity index (χ1) is 11.7. The molecule has 0 atom stereocenters. The molecule has 3 rings (SSSR count). The minimum absolute atomic E-state index is 0.0903. The van der Waals surface area contributed by atoms with Gasteiger partial charge in [-0.1, -0.05) is 36.4 Å². The highest BCUT2D eigenvalue weighted by atomic mass is 32.1. The topological polar surface area (TPSA) is 59.1 Å². The van der Waals surface area contributed by atoms with Crippen molar-refractivity contribution in [1.29, 1.82) is 0 Å². The van der Waals surface area contributed by atoms with Gasteiger partial charge in [0.25, 0.3) is 5.91 Å². The van der Waals surface area contributed by atoms with Crippen molar-refractivity contribution in [3.05, 3.63) is 88.4 Å². The zero-order valence-electron chi connectivity index (χ0n) is 12.7. The second-order valence-corrected chi connectivity index (χ2v) is 5.94. The number of Topliss-reactive ketones (excluding diaryl/α,β-unsaturated/α-hetero) is 1. The molecular formula is C19H14N2O2S. The fraction of sp³-hybridized carbons (Fsp3) is 0. The van der Waals surface area contributed by atoms with Gasteiger partial charge in [0, 0.05) is 16.6 Å². The number of hydrogen-bond acceptors (Lipinski definition) is 4. The quantitative estimate of drug-likeness (QED) is 0.331. The summed E-state index contributed by atoms with van der Waals surface area (Å²) in [5, 5.41) is 4.62. The van der Waals surface area contributed by atoms with Crippen LogP contribution in [0.5, 0.6) is 0 Å². The number of pyridine rings is 1. The lowest BCUT2D eigenvalue weighted by atomic mass is 10.0. The molecule has 0 aliphatic carbocycles. The number of ketones is 1. The molecule has 0 saturated carbocycles. The molecule has 0 saturated heterocycles. The van der Waals surface area contributed by atoms with Crippen LogP contribution >= 0.6 is 11.3 Å². The third kappa shape index (κ3) is 3.83. The molecule has 1 amide bonds. The number of nitrogens with one attached hydrogen (secondary N) is 1. The summed E-state index contributed by atoms with van der Waals surface area (Å²) in [5.41, 5.74) is 1.11. The standard InChI is InChI=1S/C19H14N2O2S/c22-18(14-6-2-1-3-7-14)17(12-16-9-5-11-24-16)19(23)21-15-8-4-10-20-13-15/h1-13H,(H,21,23). The maximum absolute atomic E-state index is 12.8. The summed E-state index contributed by atoms with van der Waals surface area (Å²) >= 11 is 1.47. The number of benzene rings is 1. The van der Waals surface area contributed by atoms with Crippen LogP contribution in [-0.2, 0) is 4.79 Å². The van der Waals surface area contributed by atoms with Crippen LogP contribution in [0.3, 0.4) is 0 Å². The van der Waals surface area contributed by atoms with E-state index in [-0.39, 0.29) is 11.4 Å². The first-order valence-electron chi connectivity index (χ1n) is 7.30. The van der Waals surface area contributed by atoms with E-state index in [2.05, 4.69) is 10.3 Å². The highest BCUT2D eigenvalue weighted by Crippen LogP contribution is 2.18. The molecule has 0 bridgehead atoms. The van der Waals surface area contributed by atoms with E-state index in [0.29, 0.717) is 11.3 Å². The Balaban J connectivity index is 1.93. The van der Waals surface area contributed by atoms with Gasteiger partial charge in [-0.3, -0.25) is 14.6 Å². The molecule has 0 radical (unpaired) electrons. The molecule has 0 spiro atoms. The van der Waals surface area contributed by atoms with Crippen LogP contribution in [0.4, 0.5) is 5.69 Å². The van der Waals surface area contributed by atoms with Gasteiger partial charge in [0.2, 0.25) is 0 Å². The predicted octanol–water partition coefficient (Wildman–Crippen LogP) is 4.05. The number of anilines is 1. The summed E-state index contributed by atoms with van der Waals surface area (Å²) in [5.74, 6) is -0.768. The molecule has 24 heavy (non-hydrogen) atoms. The van der Waals surface area contributed by atoms with Crippen molar-refractivity contribution in [2.75, 3.05) is 5.32 Å². The summed E-state index contributed by atoms with van der Waals surface area (Å²) in [6, 6.07) is 15.9. The second-order valence-electron chi connectivity index (χ2n) is 4.96. The van der Waals surface area contributed by atoms with Gasteiger partial charge in [-0.25, -0.2) is 0 Å². The lowest BCUT2D eigenvalue weighted by Crippen LogP contribution is -2.20. The SMILES string of the molecule is O=C(Nc1cccnc1)C(=Cc1cccs1)C(=O)c1ccccc1. The van der Waals surface area contributed by atoms with Crippen LogP contribution in [0.1, 0.15) is 15.2 Å². The molecule has 0 unspecified atom stereocenters. The Kier molecular flexibility index (Phi) is 4.93. The van der Waals surface area contributed by atoms with E-state index in [9.17, 15) is 9.59 Å². The summed E-state index contributed by atoms with van der Waals surface area (Å²) in [4.78, 5) is 30.2. The van der Waals surface area contributed by atoms with E-state index in [1.165, 1.54) is 17.5 Å². The van der Waals surface area contributed by atoms with Gasteiger partial charge in [-0.2, -0.15) is 0 Å². The van der Waals surface area contributed by atoms with Crippen LogP contribution in [0.15, 0.2) is 77.9 Å². The fourth-order valence-corrected chi connectivity index (χ4v) is 2.79. The van der Waals surface area contributed by atoms with Gasteiger partial charge in [0.05, 0.1) is 17.5 Å². The largest absolute Gasteiger partial charge is 0.320 e. The van der Waals surface area contributed by atoms with Gasteiger partial charge in [-0.15, -0.1) is 11.3 Å². The van der Waals surface area contributed by atoms with Gasteiger partial charge in [0.1, 0.15) is 0 Å². The molecule has 0 aliphatic rings. The summed E-state index contributed by atoms with van der Waals surface area (Å²) in [7, 11) is 0. The minimum Gasteiger partial charge on any atom is -0.320 e. The third-order valence-electron chi connectivity index (χ3n) is 3.27. The van der Waals surface area contributed by atoms with E-state index in [1.54, 1.807) is 48.7 Å². The zero-order chi connectivity index (χ0) is 16.8. The average Bonchev–Trinajstić information content (AvgIpc) is 3.14. The van der Waals surface area contributed by atoms with E-state index in [4.69, 9.17) is 0 Å².